The number of hydrogen-bond acceptors (Lipinski definition) is 3. The molecule has 1 unspecified atom stereocenters. The maximum atomic E-state index is 5.69. The van der Waals surface area contributed by atoms with Gasteiger partial charge in [-0.1, -0.05) is 19.1 Å². The van der Waals surface area contributed by atoms with Crippen molar-refractivity contribution >= 4 is 17.4 Å². The Morgan fingerprint density at radius 1 is 1.35 bits per heavy atom. The zero-order valence-corrected chi connectivity index (χ0v) is 11.4. The van der Waals surface area contributed by atoms with Gasteiger partial charge in [-0.15, -0.1) is 0 Å². The zero-order valence-electron chi connectivity index (χ0n) is 10.6. The van der Waals surface area contributed by atoms with Gasteiger partial charge in [0.2, 0.25) is 0 Å². The van der Waals surface area contributed by atoms with Crippen molar-refractivity contribution in [1.82, 2.24) is 4.90 Å². The molecule has 2 rings (SSSR count). The standard InChI is InChI=1S/C14H22N2S/c1-2-14-11-16(9-10-17-14)8-7-12-3-5-13(15)6-4-12/h3-6,14H,2,7-11,15H2,1H3. The first-order valence-electron chi connectivity index (χ1n) is 6.46. The van der Waals surface area contributed by atoms with E-state index in [0.29, 0.717) is 0 Å². The van der Waals surface area contributed by atoms with Gasteiger partial charge in [-0.25, -0.2) is 0 Å². The fourth-order valence-electron chi connectivity index (χ4n) is 2.20. The van der Waals surface area contributed by atoms with Crippen LogP contribution < -0.4 is 5.73 Å². The van der Waals surface area contributed by atoms with E-state index >= 15 is 0 Å². The first kappa shape index (κ1) is 12.8. The van der Waals surface area contributed by atoms with Crippen LogP contribution in [0.5, 0.6) is 0 Å². The largest absolute Gasteiger partial charge is 0.399 e. The molecule has 0 saturated carbocycles. The fraction of sp³-hybridized carbons (Fsp3) is 0.571. The second-order valence-corrected chi connectivity index (χ2v) is 6.10. The van der Waals surface area contributed by atoms with Crippen molar-refractivity contribution in [2.75, 3.05) is 31.1 Å². The summed E-state index contributed by atoms with van der Waals surface area (Å²) in [5.74, 6) is 1.29. The highest BCUT2D eigenvalue weighted by Crippen LogP contribution is 2.21. The molecule has 0 radical (unpaired) electrons. The molecule has 94 valence electrons. The van der Waals surface area contributed by atoms with E-state index in [4.69, 9.17) is 5.73 Å². The Bertz CT molecular complexity index is 337. The van der Waals surface area contributed by atoms with E-state index in [2.05, 4.69) is 35.7 Å². The minimum absolute atomic E-state index is 0.843. The average Bonchev–Trinajstić information content (AvgIpc) is 2.38. The van der Waals surface area contributed by atoms with Crippen LogP contribution in [-0.2, 0) is 6.42 Å². The summed E-state index contributed by atoms with van der Waals surface area (Å²) in [7, 11) is 0. The molecule has 1 aliphatic heterocycles. The summed E-state index contributed by atoms with van der Waals surface area (Å²) in [6.07, 6.45) is 2.43. The van der Waals surface area contributed by atoms with Gasteiger partial charge in [-0.2, -0.15) is 11.8 Å². The summed E-state index contributed by atoms with van der Waals surface area (Å²) < 4.78 is 0. The van der Waals surface area contributed by atoms with Gasteiger partial charge in [0, 0.05) is 36.3 Å². The Morgan fingerprint density at radius 2 is 2.12 bits per heavy atom. The summed E-state index contributed by atoms with van der Waals surface area (Å²) in [6.45, 7) is 5.98. The smallest absolute Gasteiger partial charge is 0.0314 e. The molecule has 0 spiro atoms. The van der Waals surface area contributed by atoms with Crippen LogP contribution in [0.4, 0.5) is 5.69 Å². The molecule has 17 heavy (non-hydrogen) atoms. The highest BCUT2D eigenvalue weighted by molar-refractivity contribution is 8.00. The Balaban J connectivity index is 1.79. The van der Waals surface area contributed by atoms with E-state index in [-0.39, 0.29) is 0 Å². The van der Waals surface area contributed by atoms with E-state index in [0.717, 1.165) is 17.4 Å². The first-order valence-corrected chi connectivity index (χ1v) is 7.51. The maximum absolute atomic E-state index is 5.69. The molecule has 0 amide bonds. The van der Waals surface area contributed by atoms with Gasteiger partial charge in [-0.05, 0) is 30.5 Å². The van der Waals surface area contributed by atoms with Crippen LogP contribution in [0, 0.1) is 0 Å². The molecule has 1 aliphatic rings. The zero-order chi connectivity index (χ0) is 12.1. The number of anilines is 1. The molecule has 0 bridgehead atoms. The minimum Gasteiger partial charge on any atom is -0.399 e. The van der Waals surface area contributed by atoms with Crippen LogP contribution in [0.3, 0.4) is 0 Å². The lowest BCUT2D eigenvalue weighted by atomic mass is 10.1. The molecule has 3 heteroatoms. The summed E-state index contributed by atoms with van der Waals surface area (Å²) in [6, 6.07) is 8.28. The van der Waals surface area contributed by atoms with Crippen molar-refractivity contribution in [3.05, 3.63) is 29.8 Å². The fourth-order valence-corrected chi connectivity index (χ4v) is 3.45. The molecule has 1 aromatic rings. The predicted molar refractivity (Wildman–Crippen MR) is 77.5 cm³/mol. The maximum Gasteiger partial charge on any atom is 0.0314 e. The highest BCUT2D eigenvalue weighted by Gasteiger charge is 2.18. The topological polar surface area (TPSA) is 29.3 Å². The molecule has 1 saturated heterocycles. The Kier molecular flexibility index (Phi) is 4.75. The molecule has 2 nitrogen and oxygen atoms in total. The molecule has 0 aromatic heterocycles. The van der Waals surface area contributed by atoms with Gasteiger partial charge in [0.1, 0.15) is 0 Å². The third-order valence-electron chi connectivity index (χ3n) is 3.37. The number of benzene rings is 1. The molecule has 2 N–H and O–H groups in total. The Labute approximate surface area is 109 Å². The van der Waals surface area contributed by atoms with Crippen LogP contribution in [0.1, 0.15) is 18.9 Å². The third-order valence-corrected chi connectivity index (χ3v) is 4.75. The number of nitrogens with two attached hydrogens (primary N) is 1. The van der Waals surface area contributed by atoms with Crippen molar-refractivity contribution in [2.24, 2.45) is 0 Å². The van der Waals surface area contributed by atoms with Crippen molar-refractivity contribution < 1.29 is 0 Å². The summed E-state index contributed by atoms with van der Waals surface area (Å²) in [4.78, 5) is 2.60. The lowest BCUT2D eigenvalue weighted by molar-refractivity contribution is 0.285. The second-order valence-electron chi connectivity index (χ2n) is 4.69. The molecule has 1 fully saturated rings. The molecule has 1 aromatic carbocycles. The van der Waals surface area contributed by atoms with Crippen molar-refractivity contribution in [1.29, 1.82) is 0 Å². The highest BCUT2D eigenvalue weighted by atomic mass is 32.2. The number of nitrogens with zero attached hydrogens (tertiary/aromatic N) is 1. The summed E-state index contributed by atoms with van der Waals surface area (Å²) >= 11 is 2.13. The molecule has 1 heterocycles. The normalized spacial score (nSPS) is 21.6. The van der Waals surface area contributed by atoms with E-state index < -0.39 is 0 Å². The van der Waals surface area contributed by atoms with E-state index in [1.807, 2.05) is 12.1 Å². The van der Waals surface area contributed by atoms with E-state index in [1.165, 1.54) is 37.4 Å². The predicted octanol–water partition coefficient (Wildman–Crippen LogP) is 2.64. The van der Waals surface area contributed by atoms with Crippen LogP contribution in [0.25, 0.3) is 0 Å². The number of hydrogen-bond donors (Lipinski definition) is 1. The van der Waals surface area contributed by atoms with E-state index in [9.17, 15) is 0 Å². The monoisotopic (exact) mass is 250 g/mol. The third kappa shape index (κ3) is 3.93. The van der Waals surface area contributed by atoms with E-state index in [1.54, 1.807) is 0 Å². The van der Waals surface area contributed by atoms with Gasteiger partial charge in [-0.3, -0.25) is 0 Å². The average molecular weight is 250 g/mol. The number of nitrogen functional groups attached to an aromatic ring is 1. The van der Waals surface area contributed by atoms with Gasteiger partial charge in [0.25, 0.3) is 0 Å². The molecular weight excluding hydrogens is 228 g/mol. The van der Waals surface area contributed by atoms with Crippen molar-refractivity contribution in [3.63, 3.8) is 0 Å². The van der Waals surface area contributed by atoms with Crippen LogP contribution in [0.15, 0.2) is 24.3 Å². The Morgan fingerprint density at radius 3 is 2.82 bits per heavy atom. The number of rotatable bonds is 4. The second kappa shape index (κ2) is 6.31. The first-order chi connectivity index (χ1) is 8.28. The lowest BCUT2D eigenvalue weighted by Gasteiger charge is -2.31. The minimum atomic E-state index is 0.843. The lowest BCUT2D eigenvalue weighted by Crippen LogP contribution is -2.38. The van der Waals surface area contributed by atoms with Crippen molar-refractivity contribution in [2.45, 2.75) is 25.0 Å². The summed E-state index contributed by atoms with van der Waals surface area (Å²) in [5.41, 5.74) is 7.94. The van der Waals surface area contributed by atoms with Crippen LogP contribution >= 0.6 is 11.8 Å². The quantitative estimate of drug-likeness (QED) is 0.833. The summed E-state index contributed by atoms with van der Waals surface area (Å²) in [5, 5.41) is 0.843. The van der Waals surface area contributed by atoms with Crippen molar-refractivity contribution in [3.8, 4) is 0 Å². The molecule has 1 atom stereocenters. The van der Waals surface area contributed by atoms with Gasteiger partial charge in [0.05, 0.1) is 0 Å². The molecule has 0 aliphatic carbocycles. The van der Waals surface area contributed by atoms with Gasteiger partial charge in [0.15, 0.2) is 0 Å². The SMILES string of the molecule is CCC1CN(CCc2ccc(N)cc2)CCS1. The molecular formula is C14H22N2S. The van der Waals surface area contributed by atoms with Crippen LogP contribution in [-0.4, -0.2) is 35.5 Å². The van der Waals surface area contributed by atoms with Gasteiger partial charge >= 0.3 is 0 Å². The number of thioether (sulfide) groups is 1. The van der Waals surface area contributed by atoms with Crippen LogP contribution in [0.2, 0.25) is 0 Å². The van der Waals surface area contributed by atoms with Gasteiger partial charge < -0.3 is 10.6 Å². The Hall–Kier alpha value is -0.670.